The van der Waals surface area contributed by atoms with Crippen LogP contribution >= 0.6 is 34.2 Å². The van der Waals surface area contributed by atoms with Crippen LogP contribution in [0.2, 0.25) is 5.02 Å². The molecular weight excluding hydrogens is 581 g/mol. The summed E-state index contributed by atoms with van der Waals surface area (Å²) in [5.74, 6) is -0.330. The number of carbonyl (C=O) groups excluding carboxylic acids is 3. The van der Waals surface area contributed by atoms with E-state index in [0.717, 1.165) is 19.6 Å². The molecule has 1 aliphatic rings. The van der Waals surface area contributed by atoms with Gasteiger partial charge >= 0.3 is 6.03 Å². The number of nitrogens with zero attached hydrogens (tertiary/aromatic N) is 1. The van der Waals surface area contributed by atoms with Gasteiger partial charge in [0.15, 0.2) is 0 Å². The maximum absolute atomic E-state index is 12.8. The van der Waals surface area contributed by atoms with Crippen molar-refractivity contribution in [3.8, 4) is 5.75 Å². The highest BCUT2D eigenvalue weighted by Crippen LogP contribution is 2.25. The first-order valence-electron chi connectivity index (χ1n) is 10.7. The van der Waals surface area contributed by atoms with Crippen molar-refractivity contribution in [2.75, 3.05) is 11.9 Å². The molecule has 9 heteroatoms. The highest BCUT2D eigenvalue weighted by atomic mass is 127. The van der Waals surface area contributed by atoms with E-state index in [1.807, 2.05) is 49.4 Å². The van der Waals surface area contributed by atoms with Crippen LogP contribution in [0.5, 0.6) is 5.75 Å². The van der Waals surface area contributed by atoms with Gasteiger partial charge in [0.2, 0.25) is 5.91 Å². The predicted octanol–water partition coefficient (Wildman–Crippen LogP) is 5.36. The van der Waals surface area contributed by atoms with Gasteiger partial charge in [0, 0.05) is 10.7 Å². The van der Waals surface area contributed by atoms with Crippen molar-refractivity contribution in [2.24, 2.45) is 0 Å². The summed E-state index contributed by atoms with van der Waals surface area (Å²) in [5, 5.41) is 5.91. The number of ether oxygens (including phenoxy) is 1. The third-order valence-corrected chi connectivity index (χ3v) is 6.24. The quantitative estimate of drug-likeness (QED) is 0.217. The van der Waals surface area contributed by atoms with Gasteiger partial charge in [0.25, 0.3) is 5.91 Å². The Balaban J connectivity index is 1.39. The Morgan fingerprint density at radius 2 is 1.89 bits per heavy atom. The Labute approximate surface area is 221 Å². The third-order valence-electron chi connectivity index (χ3n) is 5.14. The van der Waals surface area contributed by atoms with Crippen LogP contribution < -0.4 is 15.4 Å². The Morgan fingerprint density at radius 3 is 2.60 bits per heavy atom. The molecule has 1 heterocycles. The average molecular weight is 602 g/mol. The molecule has 0 atom stereocenters. The number of nitrogens with one attached hydrogen (secondary N) is 2. The first-order chi connectivity index (χ1) is 16.8. The van der Waals surface area contributed by atoms with Gasteiger partial charge in [-0.15, -0.1) is 0 Å². The standard InChI is InChI=1S/C26H21ClIN3O4/c1-16-3-2-4-20(11-16)29-24(32)14-31-25(33)22(30-26(31)34)13-18-7-10-23(21(28)12-18)35-15-17-5-8-19(27)9-6-17/h2-13H,14-15H2,1H3,(H,29,32)(H,30,34)/b22-13+. The number of amides is 4. The number of rotatable bonds is 7. The van der Waals surface area contributed by atoms with Crippen LogP contribution in [0, 0.1) is 10.5 Å². The molecular formula is C26H21ClIN3O4. The third kappa shape index (κ3) is 6.40. The second kappa shape index (κ2) is 10.9. The van der Waals surface area contributed by atoms with Gasteiger partial charge in [-0.25, -0.2) is 9.69 Å². The molecule has 4 rings (SSSR count). The van der Waals surface area contributed by atoms with Gasteiger partial charge in [-0.2, -0.15) is 0 Å². The molecule has 0 aliphatic carbocycles. The maximum Gasteiger partial charge on any atom is 0.329 e. The zero-order valence-corrected chi connectivity index (χ0v) is 21.6. The van der Waals surface area contributed by atoms with E-state index >= 15 is 0 Å². The smallest absolute Gasteiger partial charge is 0.329 e. The molecule has 3 aromatic rings. The first-order valence-corrected chi connectivity index (χ1v) is 12.1. The van der Waals surface area contributed by atoms with E-state index < -0.39 is 17.8 Å². The molecule has 0 radical (unpaired) electrons. The first kappa shape index (κ1) is 24.7. The zero-order chi connectivity index (χ0) is 24.9. The molecule has 0 unspecified atom stereocenters. The molecule has 1 aliphatic heterocycles. The molecule has 1 saturated heterocycles. The SMILES string of the molecule is Cc1cccc(NC(=O)CN2C(=O)N/C(=C/c3ccc(OCc4ccc(Cl)cc4)c(I)c3)C2=O)c1. The maximum atomic E-state index is 12.8. The second-order valence-corrected chi connectivity index (χ2v) is 9.50. The van der Waals surface area contributed by atoms with Crippen molar-refractivity contribution < 1.29 is 19.1 Å². The number of benzene rings is 3. The minimum absolute atomic E-state index is 0.101. The number of halogens is 2. The van der Waals surface area contributed by atoms with E-state index in [0.29, 0.717) is 28.6 Å². The van der Waals surface area contributed by atoms with E-state index in [9.17, 15) is 14.4 Å². The van der Waals surface area contributed by atoms with Crippen LogP contribution in [-0.2, 0) is 16.2 Å². The van der Waals surface area contributed by atoms with Gasteiger partial charge in [-0.3, -0.25) is 9.59 Å². The van der Waals surface area contributed by atoms with Gasteiger partial charge in [-0.1, -0.05) is 41.9 Å². The van der Waals surface area contributed by atoms with E-state index in [4.69, 9.17) is 16.3 Å². The fraction of sp³-hybridized carbons (Fsp3) is 0.115. The summed E-state index contributed by atoms with van der Waals surface area (Å²) in [7, 11) is 0. The lowest BCUT2D eigenvalue weighted by Gasteiger charge is -2.12. The number of anilines is 1. The van der Waals surface area contributed by atoms with E-state index in [1.54, 1.807) is 30.3 Å². The molecule has 7 nitrogen and oxygen atoms in total. The molecule has 1 fully saturated rings. The summed E-state index contributed by atoms with van der Waals surface area (Å²) in [6, 6.07) is 19.5. The summed E-state index contributed by atoms with van der Waals surface area (Å²) in [6.45, 7) is 1.91. The summed E-state index contributed by atoms with van der Waals surface area (Å²) in [6.07, 6.45) is 1.57. The normalized spacial score (nSPS) is 14.3. The van der Waals surface area contributed by atoms with Crippen molar-refractivity contribution in [1.82, 2.24) is 10.2 Å². The molecule has 178 valence electrons. The largest absolute Gasteiger partial charge is 0.488 e. The lowest BCUT2D eigenvalue weighted by atomic mass is 10.2. The van der Waals surface area contributed by atoms with Gasteiger partial charge in [-0.05, 0) is 88.7 Å². The Hall–Kier alpha value is -3.37. The van der Waals surface area contributed by atoms with Gasteiger partial charge < -0.3 is 15.4 Å². The highest BCUT2D eigenvalue weighted by Gasteiger charge is 2.34. The molecule has 0 saturated carbocycles. The van der Waals surface area contributed by atoms with Crippen molar-refractivity contribution >= 4 is 63.8 Å². The van der Waals surface area contributed by atoms with Crippen LogP contribution in [0.15, 0.2) is 72.4 Å². The summed E-state index contributed by atoms with van der Waals surface area (Å²) < 4.78 is 6.73. The van der Waals surface area contributed by atoms with Crippen LogP contribution in [0.3, 0.4) is 0 Å². The fourth-order valence-corrected chi connectivity index (χ4v) is 4.24. The summed E-state index contributed by atoms with van der Waals surface area (Å²) >= 11 is 8.06. The Bertz CT molecular complexity index is 1320. The second-order valence-electron chi connectivity index (χ2n) is 7.90. The van der Waals surface area contributed by atoms with Crippen LogP contribution in [-0.4, -0.2) is 29.3 Å². The molecule has 35 heavy (non-hydrogen) atoms. The molecule has 0 bridgehead atoms. The van der Waals surface area contributed by atoms with E-state index in [2.05, 4.69) is 33.2 Å². The lowest BCUT2D eigenvalue weighted by Crippen LogP contribution is -2.38. The minimum atomic E-state index is -0.641. The molecule has 4 amide bonds. The van der Waals surface area contributed by atoms with Crippen molar-refractivity contribution in [2.45, 2.75) is 13.5 Å². The number of hydrogen-bond donors (Lipinski definition) is 2. The molecule has 3 aromatic carbocycles. The molecule has 2 N–H and O–H groups in total. The summed E-state index contributed by atoms with van der Waals surface area (Å²) in [5.41, 5.74) is 3.39. The predicted molar refractivity (Wildman–Crippen MR) is 143 cm³/mol. The average Bonchev–Trinajstić information content (AvgIpc) is 3.07. The van der Waals surface area contributed by atoms with Gasteiger partial charge in [0.1, 0.15) is 24.6 Å². The number of urea groups is 1. The summed E-state index contributed by atoms with van der Waals surface area (Å²) in [4.78, 5) is 38.3. The van der Waals surface area contributed by atoms with Crippen molar-refractivity contribution in [3.05, 3.63) is 97.7 Å². The number of aryl methyl sites for hydroxylation is 1. The van der Waals surface area contributed by atoms with Gasteiger partial charge in [0.05, 0.1) is 3.57 Å². The van der Waals surface area contributed by atoms with Crippen molar-refractivity contribution in [1.29, 1.82) is 0 Å². The van der Waals surface area contributed by atoms with Crippen LogP contribution in [0.1, 0.15) is 16.7 Å². The Morgan fingerprint density at radius 1 is 1.11 bits per heavy atom. The fourth-order valence-electron chi connectivity index (χ4n) is 3.41. The van der Waals surface area contributed by atoms with Crippen LogP contribution in [0.25, 0.3) is 6.08 Å². The monoisotopic (exact) mass is 601 g/mol. The van der Waals surface area contributed by atoms with E-state index in [1.165, 1.54) is 0 Å². The van der Waals surface area contributed by atoms with Crippen molar-refractivity contribution in [3.63, 3.8) is 0 Å². The van der Waals surface area contributed by atoms with Crippen LogP contribution in [0.4, 0.5) is 10.5 Å². The topological polar surface area (TPSA) is 87.7 Å². The highest BCUT2D eigenvalue weighted by molar-refractivity contribution is 14.1. The number of carbonyl (C=O) groups is 3. The number of hydrogen-bond acceptors (Lipinski definition) is 4. The lowest BCUT2D eigenvalue weighted by molar-refractivity contribution is -0.127. The zero-order valence-electron chi connectivity index (χ0n) is 18.7. The Kier molecular flexibility index (Phi) is 7.72. The van der Waals surface area contributed by atoms with E-state index in [-0.39, 0.29) is 12.2 Å². The molecule has 0 spiro atoms. The number of imide groups is 1. The molecule has 0 aromatic heterocycles. The minimum Gasteiger partial charge on any atom is -0.488 e.